The number of amides is 1. The van der Waals surface area contributed by atoms with E-state index < -0.39 is 17.7 Å². The molecule has 0 saturated carbocycles. The summed E-state index contributed by atoms with van der Waals surface area (Å²) in [7, 11) is 3.47. The van der Waals surface area contributed by atoms with Crippen LogP contribution in [0.1, 0.15) is 18.0 Å². The van der Waals surface area contributed by atoms with Gasteiger partial charge in [0.25, 0.3) is 0 Å². The Balaban J connectivity index is 0.00000243. The highest BCUT2D eigenvalue weighted by Crippen LogP contribution is 2.24. The van der Waals surface area contributed by atoms with Crippen molar-refractivity contribution in [3.8, 4) is 0 Å². The highest BCUT2D eigenvalue weighted by molar-refractivity contribution is 5.85. The first-order valence-corrected chi connectivity index (χ1v) is 8.59. The molecule has 0 aromatic heterocycles. The molecule has 1 aromatic carbocycles. The summed E-state index contributed by atoms with van der Waals surface area (Å²) >= 11 is 0. The van der Waals surface area contributed by atoms with Gasteiger partial charge < -0.3 is 15.5 Å². The van der Waals surface area contributed by atoms with Gasteiger partial charge in [-0.1, -0.05) is 6.07 Å². The number of hydrogen-bond acceptors (Lipinski definition) is 5. The van der Waals surface area contributed by atoms with Gasteiger partial charge in [-0.2, -0.15) is 0 Å². The fraction of sp³-hybridized carbons (Fsp3) is 0.588. The van der Waals surface area contributed by atoms with E-state index in [9.17, 15) is 13.6 Å². The van der Waals surface area contributed by atoms with Crippen LogP contribution in [0.25, 0.3) is 0 Å². The van der Waals surface area contributed by atoms with Gasteiger partial charge in [-0.15, -0.1) is 12.4 Å². The number of hydrogen-bond donors (Lipinski definition) is 4. The van der Waals surface area contributed by atoms with Crippen LogP contribution in [0.15, 0.2) is 18.2 Å². The van der Waals surface area contributed by atoms with Gasteiger partial charge in [-0.25, -0.2) is 14.2 Å². The third-order valence-electron chi connectivity index (χ3n) is 5.09. The number of halogens is 3. The minimum absolute atomic E-state index is 0. The van der Waals surface area contributed by atoms with Crippen molar-refractivity contribution in [1.82, 2.24) is 26.4 Å². The summed E-state index contributed by atoms with van der Waals surface area (Å²) in [5, 5.41) is 6.15. The van der Waals surface area contributed by atoms with Crippen LogP contribution in [0.3, 0.4) is 0 Å². The van der Waals surface area contributed by atoms with Crippen molar-refractivity contribution in [2.45, 2.75) is 24.5 Å². The average molecular weight is 390 g/mol. The minimum Gasteiger partial charge on any atom is -0.353 e. The molecule has 2 fully saturated rings. The first kappa shape index (κ1) is 21.0. The molecule has 6 nitrogen and oxygen atoms in total. The third-order valence-corrected chi connectivity index (χ3v) is 5.09. The second-order valence-corrected chi connectivity index (χ2v) is 6.89. The number of piperidine rings is 1. The molecule has 2 saturated heterocycles. The van der Waals surface area contributed by atoms with Crippen LogP contribution >= 0.6 is 12.4 Å². The number of benzene rings is 1. The predicted molar refractivity (Wildman–Crippen MR) is 97.9 cm³/mol. The zero-order valence-corrected chi connectivity index (χ0v) is 15.7. The number of carbonyl (C=O) groups is 1. The molecule has 4 atom stereocenters. The molecule has 0 bridgehead atoms. The largest absolute Gasteiger partial charge is 0.353 e. The van der Waals surface area contributed by atoms with Gasteiger partial charge in [0, 0.05) is 30.6 Å². The van der Waals surface area contributed by atoms with E-state index in [4.69, 9.17) is 0 Å². The second kappa shape index (κ2) is 9.05. The van der Waals surface area contributed by atoms with Crippen molar-refractivity contribution in [3.05, 3.63) is 35.4 Å². The van der Waals surface area contributed by atoms with E-state index in [1.807, 2.05) is 0 Å². The van der Waals surface area contributed by atoms with Crippen LogP contribution in [-0.4, -0.2) is 56.6 Å². The number of fused-ring (bicyclic) bond motifs is 1. The Bertz CT molecular complexity index is 613. The number of nitrogens with one attached hydrogen (secondary N) is 4. The summed E-state index contributed by atoms with van der Waals surface area (Å²) in [4.78, 5) is 14.3. The summed E-state index contributed by atoms with van der Waals surface area (Å²) in [5.41, 5.74) is 6.19. The normalized spacial score (nSPS) is 26.1. The Kier molecular flexibility index (Phi) is 7.31. The maximum absolute atomic E-state index is 14.1. The number of carbonyl (C=O) groups excluding carboxylic acids is 1. The molecule has 4 N–H and O–H groups in total. The standard InChI is InChI=1S/C17H25F2N5O.ClH/c1-24(2)14(15-11(18)4-3-5-12(15)19)9-21-17(25)16-10-8-20-7-6-13(10)22-23-16;/h3-5,10,13-14,16,20,22-23H,6-9H2,1-2H3,(H,21,25);1H. The molecule has 146 valence electrons. The maximum Gasteiger partial charge on any atom is 0.238 e. The Hall–Kier alpha value is -1.32. The number of likely N-dealkylation sites (N-methyl/N-ethyl adjacent to an activating group) is 1. The van der Waals surface area contributed by atoms with E-state index in [0.29, 0.717) is 0 Å². The fourth-order valence-electron chi connectivity index (χ4n) is 3.65. The zero-order valence-electron chi connectivity index (χ0n) is 14.9. The lowest BCUT2D eigenvalue weighted by atomic mass is 9.89. The molecule has 2 aliphatic heterocycles. The number of rotatable bonds is 5. The molecule has 0 spiro atoms. The molecule has 0 radical (unpaired) electrons. The molecule has 3 rings (SSSR count). The van der Waals surface area contributed by atoms with Gasteiger partial charge in [0.15, 0.2) is 0 Å². The van der Waals surface area contributed by atoms with Gasteiger partial charge in [0.05, 0.1) is 6.04 Å². The van der Waals surface area contributed by atoms with Crippen molar-refractivity contribution in [1.29, 1.82) is 0 Å². The molecule has 2 heterocycles. The molecule has 2 aliphatic rings. The van der Waals surface area contributed by atoms with Gasteiger partial charge in [0.2, 0.25) is 5.91 Å². The number of hydrazine groups is 1. The van der Waals surface area contributed by atoms with Crippen molar-refractivity contribution in [2.75, 3.05) is 33.7 Å². The van der Waals surface area contributed by atoms with Gasteiger partial charge in [-0.05, 0) is 39.2 Å². The van der Waals surface area contributed by atoms with Crippen molar-refractivity contribution >= 4 is 18.3 Å². The van der Waals surface area contributed by atoms with Gasteiger partial charge >= 0.3 is 0 Å². The van der Waals surface area contributed by atoms with Crippen LogP contribution in [0.2, 0.25) is 0 Å². The van der Waals surface area contributed by atoms with E-state index >= 15 is 0 Å². The Morgan fingerprint density at radius 2 is 2.00 bits per heavy atom. The molecule has 0 aliphatic carbocycles. The first-order valence-electron chi connectivity index (χ1n) is 8.59. The lowest BCUT2D eigenvalue weighted by Gasteiger charge is -2.29. The Morgan fingerprint density at radius 1 is 1.31 bits per heavy atom. The lowest BCUT2D eigenvalue weighted by Crippen LogP contribution is -2.50. The quantitative estimate of drug-likeness (QED) is 0.592. The predicted octanol–water partition coefficient (Wildman–Crippen LogP) is 0.560. The summed E-state index contributed by atoms with van der Waals surface area (Å²) < 4.78 is 28.2. The highest BCUT2D eigenvalue weighted by atomic mass is 35.5. The van der Waals surface area contributed by atoms with Crippen LogP contribution < -0.4 is 21.5 Å². The third kappa shape index (κ3) is 4.32. The van der Waals surface area contributed by atoms with Crippen LogP contribution in [-0.2, 0) is 4.79 Å². The van der Waals surface area contributed by atoms with Crippen molar-refractivity contribution < 1.29 is 13.6 Å². The Labute approximate surface area is 158 Å². The van der Waals surface area contributed by atoms with Gasteiger partial charge in [0.1, 0.15) is 17.7 Å². The van der Waals surface area contributed by atoms with Crippen molar-refractivity contribution in [2.24, 2.45) is 5.92 Å². The highest BCUT2D eigenvalue weighted by Gasteiger charge is 2.41. The molecule has 1 aromatic rings. The molecular formula is C17H26ClF2N5O. The topological polar surface area (TPSA) is 68.4 Å². The zero-order chi connectivity index (χ0) is 18.0. The van der Waals surface area contributed by atoms with Crippen molar-refractivity contribution in [3.63, 3.8) is 0 Å². The van der Waals surface area contributed by atoms with E-state index in [1.54, 1.807) is 19.0 Å². The average Bonchev–Trinajstić information content (AvgIpc) is 3.01. The SMILES string of the molecule is CN(C)C(CNC(=O)C1NNC2CCNCC21)c1c(F)cccc1F.Cl. The maximum atomic E-state index is 14.1. The summed E-state index contributed by atoms with van der Waals surface area (Å²) in [6.45, 7) is 1.83. The summed E-state index contributed by atoms with van der Waals surface area (Å²) in [5.74, 6) is -1.21. The summed E-state index contributed by atoms with van der Waals surface area (Å²) in [6.07, 6.45) is 0.961. The molecular weight excluding hydrogens is 364 g/mol. The van der Waals surface area contributed by atoms with E-state index in [-0.39, 0.29) is 48.4 Å². The van der Waals surface area contributed by atoms with E-state index in [1.165, 1.54) is 18.2 Å². The van der Waals surface area contributed by atoms with Crippen LogP contribution in [0.5, 0.6) is 0 Å². The van der Waals surface area contributed by atoms with Crippen LogP contribution in [0.4, 0.5) is 8.78 Å². The molecule has 26 heavy (non-hydrogen) atoms. The minimum atomic E-state index is -0.606. The smallest absolute Gasteiger partial charge is 0.238 e. The first-order chi connectivity index (χ1) is 12.0. The number of nitrogens with zero attached hydrogens (tertiary/aromatic N) is 1. The van der Waals surface area contributed by atoms with E-state index in [0.717, 1.165) is 19.5 Å². The molecule has 4 unspecified atom stereocenters. The van der Waals surface area contributed by atoms with Crippen LogP contribution in [0, 0.1) is 17.6 Å². The van der Waals surface area contributed by atoms with E-state index in [2.05, 4.69) is 21.5 Å². The fourth-order valence-corrected chi connectivity index (χ4v) is 3.65. The molecule has 1 amide bonds. The Morgan fingerprint density at radius 3 is 2.65 bits per heavy atom. The van der Waals surface area contributed by atoms with Gasteiger partial charge in [-0.3, -0.25) is 10.2 Å². The summed E-state index contributed by atoms with van der Waals surface area (Å²) in [6, 6.07) is 3.13. The lowest BCUT2D eigenvalue weighted by molar-refractivity contribution is -0.124. The molecule has 9 heteroatoms. The monoisotopic (exact) mass is 389 g/mol. The second-order valence-electron chi connectivity index (χ2n) is 6.89.